The van der Waals surface area contributed by atoms with Crippen molar-refractivity contribution in [3.05, 3.63) is 28.3 Å². The Balaban J connectivity index is 2.58. The highest BCUT2D eigenvalue weighted by atomic mass is 16.5. The summed E-state index contributed by atoms with van der Waals surface area (Å²) in [7, 11) is 1.75. The minimum Gasteiger partial charge on any atom is -0.496 e. The van der Waals surface area contributed by atoms with Gasteiger partial charge < -0.3 is 15.2 Å². The Morgan fingerprint density at radius 3 is 2.39 bits per heavy atom. The van der Waals surface area contributed by atoms with Gasteiger partial charge in [-0.05, 0) is 50.4 Å². The Bertz CT molecular complexity index is 450. The van der Waals surface area contributed by atoms with Crippen LogP contribution >= 0.6 is 0 Å². The molecule has 1 heterocycles. The summed E-state index contributed by atoms with van der Waals surface area (Å²) in [6, 6.07) is 2.24. The summed E-state index contributed by atoms with van der Waals surface area (Å²) in [5.74, 6) is 1.02. The van der Waals surface area contributed by atoms with Gasteiger partial charge in [-0.3, -0.25) is 0 Å². The highest BCUT2D eigenvalue weighted by molar-refractivity contribution is 5.54. The lowest BCUT2D eigenvalue weighted by Gasteiger charge is -2.43. The van der Waals surface area contributed by atoms with Crippen LogP contribution in [0.5, 0.6) is 5.75 Å². The molecule has 0 unspecified atom stereocenters. The van der Waals surface area contributed by atoms with Gasteiger partial charge in [0.2, 0.25) is 0 Å². The molecule has 0 radical (unpaired) electrons. The zero-order valence-electron chi connectivity index (χ0n) is 11.8. The summed E-state index contributed by atoms with van der Waals surface area (Å²) >= 11 is 0. The van der Waals surface area contributed by atoms with Crippen molar-refractivity contribution >= 4 is 0 Å². The third kappa shape index (κ3) is 1.91. The maximum Gasteiger partial charge on any atom is 0.126 e. The molecule has 0 saturated carbocycles. The Kier molecular flexibility index (Phi) is 3.64. The van der Waals surface area contributed by atoms with Crippen molar-refractivity contribution in [2.75, 3.05) is 26.9 Å². The third-order valence-corrected chi connectivity index (χ3v) is 4.10. The number of methoxy groups -OCH3 is 1. The van der Waals surface area contributed by atoms with E-state index >= 15 is 0 Å². The van der Waals surface area contributed by atoms with Gasteiger partial charge in [-0.25, -0.2) is 0 Å². The standard InChI is InChI=1S/C15H23NO2/c1-10-7-11(2)13(14(17-4)12(10)3)15(5-6-16)8-18-9-15/h7H,5-6,8-9,16H2,1-4H3. The van der Waals surface area contributed by atoms with E-state index in [1.807, 2.05) is 0 Å². The molecule has 2 N–H and O–H groups in total. The van der Waals surface area contributed by atoms with Gasteiger partial charge in [-0.2, -0.15) is 0 Å². The Morgan fingerprint density at radius 2 is 1.94 bits per heavy atom. The van der Waals surface area contributed by atoms with E-state index in [0.29, 0.717) is 6.54 Å². The van der Waals surface area contributed by atoms with Crippen LogP contribution in [0.3, 0.4) is 0 Å². The number of benzene rings is 1. The second-order valence-corrected chi connectivity index (χ2v) is 5.36. The summed E-state index contributed by atoms with van der Waals surface area (Å²) < 4.78 is 11.1. The molecule has 1 aliphatic heterocycles. The average Bonchev–Trinajstić information content (AvgIpc) is 2.29. The topological polar surface area (TPSA) is 44.5 Å². The van der Waals surface area contributed by atoms with E-state index in [0.717, 1.165) is 25.4 Å². The van der Waals surface area contributed by atoms with E-state index in [-0.39, 0.29) is 5.41 Å². The lowest BCUT2D eigenvalue weighted by molar-refractivity contribution is -0.0643. The van der Waals surface area contributed by atoms with Crippen LogP contribution in [-0.4, -0.2) is 26.9 Å². The highest BCUT2D eigenvalue weighted by Crippen LogP contribution is 2.44. The molecule has 1 aromatic carbocycles. The number of hydrogen-bond acceptors (Lipinski definition) is 3. The van der Waals surface area contributed by atoms with Crippen LogP contribution in [0.2, 0.25) is 0 Å². The Morgan fingerprint density at radius 1 is 1.28 bits per heavy atom. The van der Waals surface area contributed by atoms with Crippen molar-refractivity contribution in [3.63, 3.8) is 0 Å². The zero-order valence-corrected chi connectivity index (χ0v) is 11.8. The van der Waals surface area contributed by atoms with E-state index in [1.54, 1.807) is 7.11 Å². The number of hydrogen-bond donors (Lipinski definition) is 1. The molecular formula is C15H23NO2. The van der Waals surface area contributed by atoms with Crippen molar-refractivity contribution in [3.8, 4) is 5.75 Å². The van der Waals surface area contributed by atoms with E-state index < -0.39 is 0 Å². The summed E-state index contributed by atoms with van der Waals surface area (Å²) in [6.07, 6.45) is 0.951. The lowest BCUT2D eigenvalue weighted by atomic mass is 9.72. The molecular weight excluding hydrogens is 226 g/mol. The molecule has 0 aliphatic carbocycles. The second kappa shape index (κ2) is 4.90. The number of rotatable bonds is 4. The van der Waals surface area contributed by atoms with E-state index in [1.165, 1.54) is 22.3 Å². The van der Waals surface area contributed by atoms with Gasteiger partial charge in [0, 0.05) is 11.0 Å². The second-order valence-electron chi connectivity index (χ2n) is 5.36. The number of nitrogens with two attached hydrogens (primary N) is 1. The van der Waals surface area contributed by atoms with Crippen LogP contribution in [0, 0.1) is 20.8 Å². The number of ether oxygens (including phenoxy) is 2. The molecule has 1 aliphatic rings. The summed E-state index contributed by atoms with van der Waals surface area (Å²) in [5.41, 5.74) is 10.9. The highest BCUT2D eigenvalue weighted by Gasteiger charge is 2.43. The summed E-state index contributed by atoms with van der Waals surface area (Å²) in [4.78, 5) is 0. The molecule has 0 spiro atoms. The first-order valence-corrected chi connectivity index (χ1v) is 6.49. The van der Waals surface area contributed by atoms with Crippen LogP contribution in [0.4, 0.5) is 0 Å². The van der Waals surface area contributed by atoms with Crippen molar-refractivity contribution in [1.29, 1.82) is 0 Å². The van der Waals surface area contributed by atoms with Crippen molar-refractivity contribution in [2.24, 2.45) is 5.73 Å². The fourth-order valence-electron chi connectivity index (χ4n) is 3.00. The molecule has 0 bridgehead atoms. The van der Waals surface area contributed by atoms with E-state index in [9.17, 15) is 0 Å². The molecule has 100 valence electrons. The maximum absolute atomic E-state index is 5.77. The molecule has 18 heavy (non-hydrogen) atoms. The predicted molar refractivity (Wildman–Crippen MR) is 73.4 cm³/mol. The first kappa shape index (κ1) is 13.4. The van der Waals surface area contributed by atoms with Gasteiger partial charge in [0.25, 0.3) is 0 Å². The molecule has 3 nitrogen and oxygen atoms in total. The molecule has 2 rings (SSSR count). The molecule has 3 heteroatoms. The number of aryl methyl sites for hydroxylation is 2. The van der Waals surface area contributed by atoms with Crippen molar-refractivity contribution in [1.82, 2.24) is 0 Å². The van der Waals surface area contributed by atoms with E-state index in [4.69, 9.17) is 15.2 Å². The SMILES string of the molecule is COc1c(C)c(C)cc(C)c1C1(CCN)COC1. The van der Waals surface area contributed by atoms with Gasteiger partial charge in [0.1, 0.15) is 5.75 Å². The Hall–Kier alpha value is -1.06. The largest absolute Gasteiger partial charge is 0.496 e. The van der Waals surface area contributed by atoms with Crippen LogP contribution in [0.25, 0.3) is 0 Å². The minimum atomic E-state index is 0.0582. The van der Waals surface area contributed by atoms with Crippen LogP contribution in [0.1, 0.15) is 28.7 Å². The van der Waals surface area contributed by atoms with Crippen LogP contribution in [-0.2, 0) is 10.2 Å². The van der Waals surface area contributed by atoms with Crippen LogP contribution in [0.15, 0.2) is 6.07 Å². The van der Waals surface area contributed by atoms with Crippen LogP contribution < -0.4 is 10.5 Å². The lowest BCUT2D eigenvalue weighted by Crippen LogP contribution is -2.48. The maximum atomic E-state index is 5.77. The van der Waals surface area contributed by atoms with Gasteiger partial charge in [0.15, 0.2) is 0 Å². The summed E-state index contributed by atoms with van der Waals surface area (Å²) in [5, 5.41) is 0. The van der Waals surface area contributed by atoms with E-state index in [2.05, 4.69) is 26.8 Å². The third-order valence-electron chi connectivity index (χ3n) is 4.10. The molecule has 0 aromatic heterocycles. The zero-order chi connectivity index (χ0) is 13.3. The monoisotopic (exact) mass is 249 g/mol. The molecule has 0 atom stereocenters. The molecule has 1 fully saturated rings. The molecule has 1 saturated heterocycles. The predicted octanol–water partition coefficient (Wildman–Crippen LogP) is 2.24. The van der Waals surface area contributed by atoms with Crippen molar-refractivity contribution in [2.45, 2.75) is 32.6 Å². The fraction of sp³-hybridized carbons (Fsp3) is 0.600. The minimum absolute atomic E-state index is 0.0582. The molecule has 1 aromatic rings. The van der Waals surface area contributed by atoms with Gasteiger partial charge in [-0.1, -0.05) is 6.07 Å². The normalized spacial score (nSPS) is 17.4. The average molecular weight is 249 g/mol. The first-order valence-electron chi connectivity index (χ1n) is 6.49. The van der Waals surface area contributed by atoms with Gasteiger partial charge in [0.05, 0.1) is 20.3 Å². The van der Waals surface area contributed by atoms with Gasteiger partial charge >= 0.3 is 0 Å². The Labute approximate surface area is 109 Å². The fourth-order valence-corrected chi connectivity index (χ4v) is 3.00. The summed E-state index contributed by atoms with van der Waals surface area (Å²) in [6.45, 7) is 8.59. The quantitative estimate of drug-likeness (QED) is 0.890. The van der Waals surface area contributed by atoms with Gasteiger partial charge in [-0.15, -0.1) is 0 Å². The molecule has 0 amide bonds. The first-order chi connectivity index (χ1) is 8.55. The smallest absolute Gasteiger partial charge is 0.126 e. The van der Waals surface area contributed by atoms with Crippen molar-refractivity contribution < 1.29 is 9.47 Å².